The van der Waals surface area contributed by atoms with Gasteiger partial charge in [-0.25, -0.2) is 19.9 Å². The average molecular weight is 715 g/mol. The van der Waals surface area contributed by atoms with Gasteiger partial charge in [-0.2, -0.15) is 0 Å². The minimum absolute atomic E-state index is 0.625. The topological polar surface area (TPSA) is 51.6 Å². The molecule has 0 saturated carbocycles. The summed E-state index contributed by atoms with van der Waals surface area (Å²) >= 11 is 0. The van der Waals surface area contributed by atoms with E-state index >= 15 is 0 Å². The summed E-state index contributed by atoms with van der Waals surface area (Å²) in [4.78, 5) is 20.3. The van der Waals surface area contributed by atoms with Gasteiger partial charge in [0.2, 0.25) is 0 Å². The largest absolute Gasteiger partial charge is 0.246 e. The van der Waals surface area contributed by atoms with Crippen LogP contribution in [0.2, 0.25) is 0 Å². The Morgan fingerprint density at radius 3 is 1.27 bits per heavy atom. The molecule has 4 heteroatoms. The number of benzene rings is 8. The highest BCUT2D eigenvalue weighted by Crippen LogP contribution is 2.42. The maximum Gasteiger partial charge on any atom is 0.164 e. The van der Waals surface area contributed by atoms with Crippen molar-refractivity contribution >= 4 is 21.7 Å². The van der Waals surface area contributed by atoms with Crippen LogP contribution in [0.4, 0.5) is 0 Å². The Bertz CT molecular complexity index is 2930. The Hall–Kier alpha value is -7.56. The third kappa shape index (κ3) is 6.19. The fourth-order valence-corrected chi connectivity index (χ4v) is 7.60. The number of nitrogens with zero attached hydrogens (tertiary/aromatic N) is 4. The number of para-hydroxylation sites is 1. The van der Waals surface area contributed by atoms with Crippen molar-refractivity contribution in [1.82, 2.24) is 19.9 Å². The second-order valence-corrected chi connectivity index (χ2v) is 13.8. The van der Waals surface area contributed by atoms with E-state index in [-0.39, 0.29) is 0 Å². The average Bonchev–Trinajstić information content (AvgIpc) is 3.29. The predicted octanol–water partition coefficient (Wildman–Crippen LogP) is 13.2. The standard InChI is InChI=1S/C52H34N4/c1-5-16-35(17-6-1)41-24-13-25-42(34-41)43-26-14-28-45-47(43)46-29-15-27-44(49(46)53-48(45)37-18-7-2-8-19-37)36-30-32-40(33-31-36)52-55-50(38-20-9-3-10-21-38)54-51(56-52)39-22-11-4-12-23-39/h1-34H. The molecule has 0 radical (unpaired) electrons. The van der Waals surface area contributed by atoms with Crippen molar-refractivity contribution in [2.24, 2.45) is 0 Å². The third-order valence-corrected chi connectivity index (χ3v) is 10.3. The molecular weight excluding hydrogens is 681 g/mol. The molecule has 0 fully saturated rings. The van der Waals surface area contributed by atoms with Crippen LogP contribution < -0.4 is 0 Å². The SMILES string of the molecule is c1ccc(-c2cccc(-c3cccc4c(-c5ccccc5)nc5c(-c6ccc(-c7nc(-c8ccccc8)nc(-c8ccccc8)n7)cc6)cccc5c34)c2)cc1. The third-order valence-electron chi connectivity index (χ3n) is 10.3. The number of fused-ring (bicyclic) bond motifs is 3. The first-order chi connectivity index (χ1) is 27.8. The first kappa shape index (κ1) is 33.0. The number of aromatic nitrogens is 4. The van der Waals surface area contributed by atoms with E-state index in [2.05, 4.69) is 146 Å². The van der Waals surface area contributed by atoms with Crippen LogP contribution in [0.3, 0.4) is 0 Å². The number of hydrogen-bond acceptors (Lipinski definition) is 4. The molecule has 0 aliphatic rings. The van der Waals surface area contributed by atoms with Crippen molar-refractivity contribution in [3.63, 3.8) is 0 Å². The fourth-order valence-electron chi connectivity index (χ4n) is 7.60. The van der Waals surface area contributed by atoms with Gasteiger partial charge in [0, 0.05) is 44.0 Å². The lowest BCUT2D eigenvalue weighted by atomic mass is 9.90. The van der Waals surface area contributed by atoms with Crippen molar-refractivity contribution in [3.8, 4) is 78.8 Å². The summed E-state index contributed by atoms with van der Waals surface area (Å²) in [5.41, 5.74) is 12.7. The highest BCUT2D eigenvalue weighted by Gasteiger charge is 2.18. The molecule has 4 nitrogen and oxygen atoms in total. The molecule has 56 heavy (non-hydrogen) atoms. The Morgan fingerprint density at radius 1 is 0.250 bits per heavy atom. The van der Waals surface area contributed by atoms with E-state index < -0.39 is 0 Å². The molecule has 10 aromatic rings. The van der Waals surface area contributed by atoms with Crippen LogP contribution in [-0.2, 0) is 0 Å². The molecule has 262 valence electrons. The van der Waals surface area contributed by atoms with Crippen molar-refractivity contribution in [2.75, 3.05) is 0 Å². The molecule has 0 amide bonds. The van der Waals surface area contributed by atoms with E-state index in [1.807, 2.05) is 60.7 Å². The zero-order valence-corrected chi connectivity index (χ0v) is 30.4. The van der Waals surface area contributed by atoms with E-state index in [9.17, 15) is 0 Å². The lowest BCUT2D eigenvalue weighted by Crippen LogP contribution is -2.00. The highest BCUT2D eigenvalue weighted by atomic mass is 15.0. The first-order valence-corrected chi connectivity index (χ1v) is 18.8. The molecule has 0 aliphatic carbocycles. The van der Waals surface area contributed by atoms with Gasteiger partial charge in [-0.15, -0.1) is 0 Å². The van der Waals surface area contributed by atoms with Gasteiger partial charge >= 0.3 is 0 Å². The maximum absolute atomic E-state index is 5.49. The molecule has 0 bridgehead atoms. The number of rotatable bonds is 7. The predicted molar refractivity (Wildman–Crippen MR) is 231 cm³/mol. The van der Waals surface area contributed by atoms with E-state index in [1.54, 1.807) is 0 Å². The molecule has 2 heterocycles. The summed E-state index contributed by atoms with van der Waals surface area (Å²) in [5, 5.41) is 3.42. The highest BCUT2D eigenvalue weighted by molar-refractivity contribution is 6.19. The van der Waals surface area contributed by atoms with Crippen LogP contribution in [0, 0.1) is 0 Å². The number of hydrogen-bond donors (Lipinski definition) is 0. The molecule has 0 spiro atoms. The van der Waals surface area contributed by atoms with Gasteiger partial charge in [0.15, 0.2) is 17.5 Å². The van der Waals surface area contributed by atoms with Crippen molar-refractivity contribution in [2.45, 2.75) is 0 Å². The van der Waals surface area contributed by atoms with Crippen LogP contribution >= 0.6 is 0 Å². The summed E-state index contributed by atoms with van der Waals surface area (Å²) in [7, 11) is 0. The van der Waals surface area contributed by atoms with Crippen molar-refractivity contribution < 1.29 is 0 Å². The van der Waals surface area contributed by atoms with Crippen LogP contribution in [0.15, 0.2) is 206 Å². The maximum atomic E-state index is 5.49. The van der Waals surface area contributed by atoms with Crippen molar-refractivity contribution in [1.29, 1.82) is 0 Å². The molecule has 0 saturated heterocycles. The molecule has 0 atom stereocenters. The van der Waals surface area contributed by atoms with E-state index in [0.29, 0.717) is 17.5 Å². The second-order valence-electron chi connectivity index (χ2n) is 13.8. The lowest BCUT2D eigenvalue weighted by molar-refractivity contribution is 1.07. The smallest absolute Gasteiger partial charge is 0.164 e. The lowest BCUT2D eigenvalue weighted by Gasteiger charge is -2.17. The molecule has 10 rings (SSSR count). The zero-order chi connectivity index (χ0) is 37.3. The minimum Gasteiger partial charge on any atom is -0.246 e. The van der Waals surface area contributed by atoms with E-state index in [0.717, 1.165) is 55.4 Å². The first-order valence-electron chi connectivity index (χ1n) is 18.8. The van der Waals surface area contributed by atoms with Crippen LogP contribution in [0.1, 0.15) is 0 Å². The summed E-state index contributed by atoms with van der Waals surface area (Å²) in [6.07, 6.45) is 0. The molecular formula is C52H34N4. The van der Waals surface area contributed by atoms with E-state index in [1.165, 1.54) is 27.6 Å². The van der Waals surface area contributed by atoms with Gasteiger partial charge in [0.1, 0.15) is 0 Å². The monoisotopic (exact) mass is 714 g/mol. The Balaban J connectivity index is 1.14. The molecule has 0 N–H and O–H groups in total. The summed E-state index contributed by atoms with van der Waals surface area (Å²) < 4.78 is 0. The van der Waals surface area contributed by atoms with Gasteiger partial charge < -0.3 is 0 Å². The van der Waals surface area contributed by atoms with Crippen LogP contribution in [-0.4, -0.2) is 19.9 Å². The van der Waals surface area contributed by atoms with E-state index in [4.69, 9.17) is 19.9 Å². The summed E-state index contributed by atoms with van der Waals surface area (Å²) in [5.74, 6) is 1.91. The fraction of sp³-hybridized carbons (Fsp3) is 0. The molecule has 0 unspecified atom stereocenters. The second kappa shape index (κ2) is 14.3. The van der Waals surface area contributed by atoms with Crippen molar-refractivity contribution in [3.05, 3.63) is 206 Å². The Labute approximate surface area is 325 Å². The zero-order valence-electron chi connectivity index (χ0n) is 30.4. The quantitative estimate of drug-likeness (QED) is 0.154. The van der Waals surface area contributed by atoms with Gasteiger partial charge in [-0.05, 0) is 33.9 Å². The van der Waals surface area contributed by atoms with Crippen LogP contribution in [0.5, 0.6) is 0 Å². The molecule has 2 aromatic heterocycles. The normalized spacial score (nSPS) is 11.2. The Kier molecular flexibility index (Phi) is 8.47. The van der Waals surface area contributed by atoms with Crippen LogP contribution in [0.25, 0.3) is 100 Å². The summed E-state index contributed by atoms with van der Waals surface area (Å²) in [6, 6.07) is 71.7. The molecule has 8 aromatic carbocycles. The summed E-state index contributed by atoms with van der Waals surface area (Å²) in [6.45, 7) is 0. The Morgan fingerprint density at radius 2 is 0.679 bits per heavy atom. The molecule has 0 aliphatic heterocycles. The van der Waals surface area contributed by atoms with Gasteiger partial charge in [-0.1, -0.05) is 200 Å². The van der Waals surface area contributed by atoms with Gasteiger partial charge in [0.25, 0.3) is 0 Å². The van der Waals surface area contributed by atoms with Gasteiger partial charge in [-0.3, -0.25) is 0 Å². The number of pyridine rings is 1. The van der Waals surface area contributed by atoms with Gasteiger partial charge in [0.05, 0.1) is 11.2 Å². The minimum atomic E-state index is 0.625.